The van der Waals surface area contributed by atoms with E-state index in [1.165, 1.54) is 0 Å². The van der Waals surface area contributed by atoms with E-state index in [1.807, 2.05) is 13.8 Å². The lowest BCUT2D eigenvalue weighted by Gasteiger charge is -2.23. The zero-order valence-corrected chi connectivity index (χ0v) is 8.67. The molecule has 2 heteroatoms. The van der Waals surface area contributed by atoms with Crippen LogP contribution in [0.15, 0.2) is 0 Å². The highest BCUT2D eigenvalue weighted by Crippen LogP contribution is 2.21. The minimum absolute atomic E-state index is 0.230. The van der Waals surface area contributed by atoms with Crippen LogP contribution in [0.25, 0.3) is 0 Å². The highest BCUT2D eigenvalue weighted by Gasteiger charge is 2.18. The van der Waals surface area contributed by atoms with E-state index in [0.29, 0.717) is 11.8 Å². The molecule has 0 spiro atoms. The van der Waals surface area contributed by atoms with Crippen molar-refractivity contribution in [3.05, 3.63) is 0 Å². The van der Waals surface area contributed by atoms with Gasteiger partial charge in [0.1, 0.15) is 0 Å². The molecule has 0 aromatic rings. The van der Waals surface area contributed by atoms with Gasteiger partial charge in [-0.25, -0.2) is 0 Å². The summed E-state index contributed by atoms with van der Waals surface area (Å²) in [4.78, 5) is 0. The third kappa shape index (κ3) is 5.56. The van der Waals surface area contributed by atoms with Gasteiger partial charge in [-0.2, -0.15) is 0 Å². The minimum Gasteiger partial charge on any atom is -0.396 e. The van der Waals surface area contributed by atoms with Gasteiger partial charge in [-0.15, -0.1) is 0 Å². The van der Waals surface area contributed by atoms with Crippen LogP contribution >= 0.6 is 0 Å². The largest absolute Gasteiger partial charge is 0.396 e. The molecule has 0 aliphatic carbocycles. The van der Waals surface area contributed by atoms with Crippen molar-refractivity contribution in [3.8, 4) is 0 Å². The van der Waals surface area contributed by atoms with Gasteiger partial charge < -0.3 is 10.2 Å². The molecule has 0 rings (SSSR count). The number of rotatable bonds is 5. The quantitative estimate of drug-likeness (QED) is 0.667. The lowest BCUT2D eigenvalue weighted by atomic mass is 9.88. The Kier molecular flexibility index (Phi) is 4.80. The van der Waals surface area contributed by atoms with Gasteiger partial charge in [-0.3, -0.25) is 0 Å². The second-order valence-corrected chi connectivity index (χ2v) is 4.54. The molecule has 0 bridgehead atoms. The average Bonchev–Trinajstić information content (AvgIpc) is 1.85. The van der Waals surface area contributed by atoms with Crippen molar-refractivity contribution in [2.24, 2.45) is 11.8 Å². The molecule has 0 radical (unpaired) electrons. The first-order valence-corrected chi connectivity index (χ1v) is 4.70. The molecular weight excluding hydrogens is 152 g/mol. The molecule has 0 aliphatic rings. The van der Waals surface area contributed by atoms with E-state index in [2.05, 4.69) is 13.8 Å². The Balaban J connectivity index is 3.73. The summed E-state index contributed by atoms with van der Waals surface area (Å²) in [5.41, 5.74) is -0.595. The summed E-state index contributed by atoms with van der Waals surface area (Å²) in [6.07, 6.45) is 1.66. The van der Waals surface area contributed by atoms with E-state index in [0.717, 1.165) is 12.8 Å². The highest BCUT2D eigenvalue weighted by atomic mass is 16.3. The third-order valence-corrected chi connectivity index (χ3v) is 2.30. The Bertz CT molecular complexity index is 113. The van der Waals surface area contributed by atoms with E-state index >= 15 is 0 Å². The maximum atomic E-state index is 9.46. The Morgan fingerprint density at radius 3 is 2.00 bits per heavy atom. The Labute approximate surface area is 75.6 Å². The molecular formula is C10H22O2. The molecule has 1 atom stereocenters. The number of aliphatic hydroxyl groups excluding tert-OH is 1. The zero-order chi connectivity index (χ0) is 9.78. The van der Waals surface area contributed by atoms with Gasteiger partial charge in [-0.05, 0) is 38.5 Å². The molecule has 0 aliphatic heterocycles. The summed E-state index contributed by atoms with van der Waals surface area (Å²) < 4.78 is 0. The van der Waals surface area contributed by atoms with E-state index in [9.17, 15) is 5.11 Å². The molecule has 74 valence electrons. The predicted octanol–water partition coefficient (Wildman–Crippen LogP) is 1.80. The zero-order valence-electron chi connectivity index (χ0n) is 8.67. The lowest BCUT2D eigenvalue weighted by Crippen LogP contribution is -2.22. The molecule has 0 fully saturated rings. The molecule has 0 unspecified atom stereocenters. The van der Waals surface area contributed by atoms with Crippen LogP contribution in [0.4, 0.5) is 0 Å². The van der Waals surface area contributed by atoms with Crippen LogP contribution in [-0.2, 0) is 0 Å². The van der Waals surface area contributed by atoms with E-state index < -0.39 is 5.60 Å². The molecule has 2 N–H and O–H groups in total. The van der Waals surface area contributed by atoms with Crippen LogP contribution in [0.3, 0.4) is 0 Å². The fourth-order valence-electron chi connectivity index (χ4n) is 1.17. The Morgan fingerprint density at radius 1 is 1.25 bits per heavy atom. The van der Waals surface area contributed by atoms with Crippen LogP contribution in [0, 0.1) is 11.8 Å². The lowest BCUT2D eigenvalue weighted by molar-refractivity contribution is 0.0545. The molecule has 0 heterocycles. The SMILES string of the molecule is CC(C)[C@H](CO)CCC(C)(C)O. The van der Waals surface area contributed by atoms with Gasteiger partial charge >= 0.3 is 0 Å². The molecule has 0 saturated carbocycles. The van der Waals surface area contributed by atoms with Crippen molar-refractivity contribution >= 4 is 0 Å². The summed E-state index contributed by atoms with van der Waals surface area (Å²) >= 11 is 0. The van der Waals surface area contributed by atoms with Crippen LogP contribution in [0.5, 0.6) is 0 Å². The molecule has 0 aromatic carbocycles. The van der Waals surface area contributed by atoms with Crippen LogP contribution in [0.2, 0.25) is 0 Å². The van der Waals surface area contributed by atoms with Crippen molar-refractivity contribution in [1.82, 2.24) is 0 Å². The fraction of sp³-hybridized carbons (Fsp3) is 1.00. The first kappa shape index (κ1) is 11.9. The summed E-state index contributed by atoms with van der Waals surface area (Å²) in [5.74, 6) is 0.828. The van der Waals surface area contributed by atoms with Gasteiger partial charge in [0.25, 0.3) is 0 Å². The molecule has 0 aromatic heterocycles. The topological polar surface area (TPSA) is 40.5 Å². The van der Waals surface area contributed by atoms with Gasteiger partial charge in [0.05, 0.1) is 5.60 Å². The summed E-state index contributed by atoms with van der Waals surface area (Å²) in [7, 11) is 0. The van der Waals surface area contributed by atoms with Crippen molar-refractivity contribution in [3.63, 3.8) is 0 Å². The standard InChI is InChI=1S/C10H22O2/c1-8(2)9(7-11)5-6-10(3,4)12/h8-9,11-12H,5-7H2,1-4H3/t9-/m0/s1. The van der Waals surface area contributed by atoms with Gasteiger partial charge in [0, 0.05) is 6.61 Å². The second kappa shape index (κ2) is 4.83. The van der Waals surface area contributed by atoms with Gasteiger partial charge in [0.2, 0.25) is 0 Å². The summed E-state index contributed by atoms with van der Waals surface area (Å²) in [6.45, 7) is 8.05. The van der Waals surface area contributed by atoms with Crippen LogP contribution in [0.1, 0.15) is 40.5 Å². The van der Waals surface area contributed by atoms with Crippen molar-refractivity contribution in [2.75, 3.05) is 6.61 Å². The molecule has 0 saturated heterocycles. The molecule has 0 amide bonds. The number of hydrogen-bond acceptors (Lipinski definition) is 2. The minimum atomic E-state index is -0.595. The maximum absolute atomic E-state index is 9.46. The van der Waals surface area contributed by atoms with Gasteiger partial charge in [0.15, 0.2) is 0 Å². The number of aliphatic hydroxyl groups is 2. The molecule has 12 heavy (non-hydrogen) atoms. The van der Waals surface area contributed by atoms with Crippen molar-refractivity contribution < 1.29 is 10.2 Å². The van der Waals surface area contributed by atoms with E-state index in [-0.39, 0.29) is 6.61 Å². The van der Waals surface area contributed by atoms with E-state index in [1.54, 1.807) is 0 Å². The smallest absolute Gasteiger partial charge is 0.0591 e. The fourth-order valence-corrected chi connectivity index (χ4v) is 1.17. The van der Waals surface area contributed by atoms with E-state index in [4.69, 9.17) is 5.11 Å². The van der Waals surface area contributed by atoms with Gasteiger partial charge in [-0.1, -0.05) is 13.8 Å². The second-order valence-electron chi connectivity index (χ2n) is 4.54. The van der Waals surface area contributed by atoms with Crippen molar-refractivity contribution in [2.45, 2.75) is 46.1 Å². The molecule has 2 nitrogen and oxygen atoms in total. The Morgan fingerprint density at radius 2 is 1.75 bits per heavy atom. The average molecular weight is 174 g/mol. The highest BCUT2D eigenvalue weighted by molar-refractivity contribution is 4.70. The first-order valence-electron chi connectivity index (χ1n) is 4.70. The number of hydrogen-bond donors (Lipinski definition) is 2. The van der Waals surface area contributed by atoms with Crippen molar-refractivity contribution in [1.29, 1.82) is 0 Å². The van der Waals surface area contributed by atoms with Crippen LogP contribution < -0.4 is 0 Å². The maximum Gasteiger partial charge on any atom is 0.0591 e. The third-order valence-electron chi connectivity index (χ3n) is 2.30. The summed E-state index contributed by atoms with van der Waals surface area (Å²) in [5, 5.41) is 18.5. The Hall–Kier alpha value is -0.0800. The summed E-state index contributed by atoms with van der Waals surface area (Å²) in [6, 6.07) is 0. The normalized spacial score (nSPS) is 15.2. The first-order chi connectivity index (χ1) is 5.37. The van der Waals surface area contributed by atoms with Crippen LogP contribution in [-0.4, -0.2) is 22.4 Å². The monoisotopic (exact) mass is 174 g/mol. The predicted molar refractivity (Wildman–Crippen MR) is 50.9 cm³/mol.